The van der Waals surface area contributed by atoms with E-state index in [2.05, 4.69) is 42.6 Å². The van der Waals surface area contributed by atoms with Crippen molar-refractivity contribution in [2.75, 3.05) is 73.6 Å². The first kappa shape index (κ1) is 24.7. The summed E-state index contributed by atoms with van der Waals surface area (Å²) in [5, 5.41) is 9.49. The maximum absolute atomic E-state index is 9.49. The van der Waals surface area contributed by atoms with Gasteiger partial charge in [-0.1, -0.05) is 0 Å². The van der Waals surface area contributed by atoms with Crippen LogP contribution in [0.2, 0.25) is 0 Å². The quantitative estimate of drug-likeness (QED) is 0.527. The predicted molar refractivity (Wildman–Crippen MR) is 146 cm³/mol. The predicted octanol–water partition coefficient (Wildman–Crippen LogP) is 1.16. The van der Waals surface area contributed by atoms with Gasteiger partial charge in [0.1, 0.15) is 22.9 Å². The maximum Gasteiger partial charge on any atom is 0.227 e. The number of fused-ring (bicyclic) bond motifs is 1. The van der Waals surface area contributed by atoms with E-state index >= 15 is 0 Å². The van der Waals surface area contributed by atoms with E-state index in [9.17, 15) is 5.26 Å². The van der Waals surface area contributed by atoms with Crippen LogP contribution in [0.4, 0.5) is 17.5 Å². The van der Waals surface area contributed by atoms with Crippen LogP contribution in [0.5, 0.6) is 0 Å². The summed E-state index contributed by atoms with van der Waals surface area (Å²) in [5.74, 6) is 1.78. The first-order valence-corrected chi connectivity index (χ1v) is 13.3. The summed E-state index contributed by atoms with van der Waals surface area (Å²) in [6.45, 7) is 11.9. The molecule has 38 heavy (non-hydrogen) atoms. The molecule has 3 saturated heterocycles. The van der Waals surface area contributed by atoms with Crippen LogP contribution >= 0.6 is 0 Å². The molecule has 0 radical (unpaired) electrons. The molecule has 1 aromatic carbocycles. The summed E-state index contributed by atoms with van der Waals surface area (Å²) in [7, 11) is 0. The fourth-order valence-electron chi connectivity index (χ4n) is 5.69. The van der Waals surface area contributed by atoms with Gasteiger partial charge in [0.25, 0.3) is 0 Å². The minimum atomic E-state index is 0.0742. The van der Waals surface area contributed by atoms with Gasteiger partial charge in [0.2, 0.25) is 5.95 Å². The zero-order chi connectivity index (χ0) is 26.2. The van der Waals surface area contributed by atoms with Crippen molar-refractivity contribution in [3.8, 4) is 6.07 Å². The summed E-state index contributed by atoms with van der Waals surface area (Å²) in [4.78, 5) is 27.9. The molecule has 0 bridgehead atoms. The molecule has 2 N–H and O–H groups in total. The molecule has 5 heterocycles. The Labute approximate surface area is 222 Å². The molecule has 11 nitrogen and oxygen atoms in total. The Hall–Kier alpha value is -3.59. The molecule has 2 atom stereocenters. The van der Waals surface area contributed by atoms with Gasteiger partial charge in [-0.15, -0.1) is 0 Å². The smallest absolute Gasteiger partial charge is 0.227 e. The number of hydrogen-bond acceptors (Lipinski definition) is 11. The van der Waals surface area contributed by atoms with Crippen molar-refractivity contribution in [1.29, 1.82) is 5.26 Å². The van der Waals surface area contributed by atoms with Gasteiger partial charge in [-0.05, 0) is 26.0 Å². The van der Waals surface area contributed by atoms with E-state index in [0.29, 0.717) is 11.1 Å². The highest BCUT2D eigenvalue weighted by atomic mass is 16.5. The summed E-state index contributed by atoms with van der Waals surface area (Å²) in [6.07, 6.45) is 3.49. The van der Waals surface area contributed by atoms with Crippen molar-refractivity contribution < 1.29 is 4.74 Å². The Bertz CT molecular complexity index is 1350. The Morgan fingerprint density at radius 2 is 1.74 bits per heavy atom. The number of rotatable bonds is 5. The van der Waals surface area contributed by atoms with Gasteiger partial charge in [-0.2, -0.15) is 10.2 Å². The monoisotopic (exact) mass is 514 g/mol. The van der Waals surface area contributed by atoms with Crippen LogP contribution in [0.3, 0.4) is 0 Å². The summed E-state index contributed by atoms with van der Waals surface area (Å²) in [5.41, 5.74) is 9.93. The van der Waals surface area contributed by atoms with E-state index in [1.165, 1.54) is 0 Å². The van der Waals surface area contributed by atoms with E-state index in [4.69, 9.17) is 20.4 Å². The molecule has 198 valence electrons. The van der Waals surface area contributed by atoms with Crippen molar-refractivity contribution >= 4 is 28.5 Å². The van der Waals surface area contributed by atoms with Crippen LogP contribution in [0.25, 0.3) is 11.0 Å². The lowest BCUT2D eigenvalue weighted by molar-refractivity contribution is -0.0327. The molecule has 0 saturated carbocycles. The second kappa shape index (κ2) is 10.3. The molecule has 3 fully saturated rings. The van der Waals surface area contributed by atoms with Gasteiger partial charge in [0, 0.05) is 89.1 Å². The van der Waals surface area contributed by atoms with Gasteiger partial charge in [0.05, 0.1) is 23.5 Å². The van der Waals surface area contributed by atoms with Crippen LogP contribution < -0.4 is 20.4 Å². The fourth-order valence-corrected chi connectivity index (χ4v) is 5.69. The van der Waals surface area contributed by atoms with Crippen LogP contribution in [-0.4, -0.2) is 102 Å². The molecule has 3 aromatic rings. The lowest BCUT2D eigenvalue weighted by atomic mass is 10.1. The first-order chi connectivity index (χ1) is 18.5. The Morgan fingerprint density at radius 1 is 0.974 bits per heavy atom. The third kappa shape index (κ3) is 4.95. The number of morpholine rings is 1. The van der Waals surface area contributed by atoms with E-state index in [1.807, 2.05) is 25.1 Å². The number of anilines is 3. The minimum Gasteiger partial charge on any atom is -0.370 e. The Balaban J connectivity index is 1.10. The average molecular weight is 515 g/mol. The highest BCUT2D eigenvalue weighted by Crippen LogP contribution is 2.29. The molecule has 3 aliphatic rings. The number of aryl methyl sites for hydroxylation is 1. The van der Waals surface area contributed by atoms with E-state index in [-0.39, 0.29) is 18.2 Å². The zero-order valence-corrected chi connectivity index (χ0v) is 22.0. The van der Waals surface area contributed by atoms with Gasteiger partial charge < -0.3 is 25.2 Å². The minimum absolute atomic E-state index is 0.0742. The molecule has 6 rings (SSSR count). The molecule has 0 amide bonds. The van der Waals surface area contributed by atoms with E-state index in [0.717, 1.165) is 87.6 Å². The van der Waals surface area contributed by atoms with Crippen molar-refractivity contribution in [3.05, 3.63) is 41.9 Å². The van der Waals surface area contributed by atoms with Crippen LogP contribution in [0.15, 0.2) is 30.6 Å². The molecule has 0 spiro atoms. The van der Waals surface area contributed by atoms with Gasteiger partial charge >= 0.3 is 0 Å². The normalized spacial score (nSPS) is 22.9. The number of ether oxygens (including phenoxy) is 1. The molecule has 11 heteroatoms. The molecule has 3 aliphatic heterocycles. The molecular weight excluding hydrogens is 480 g/mol. The molecule has 0 unspecified atom stereocenters. The number of nitrogens with two attached hydrogens (primary N) is 1. The number of piperazine rings is 1. The van der Waals surface area contributed by atoms with Crippen LogP contribution in [-0.2, 0) is 4.74 Å². The van der Waals surface area contributed by atoms with Crippen LogP contribution in [0.1, 0.15) is 18.2 Å². The lowest BCUT2D eigenvalue weighted by Crippen LogP contribution is -2.56. The maximum atomic E-state index is 9.49. The average Bonchev–Trinajstić information content (AvgIpc) is 2.90. The van der Waals surface area contributed by atoms with Crippen LogP contribution in [0, 0.1) is 18.3 Å². The second-order valence-electron chi connectivity index (χ2n) is 10.6. The number of nitrogens with zero attached hydrogens (tertiary/aromatic N) is 9. The summed E-state index contributed by atoms with van der Waals surface area (Å²) in [6, 6.07) is 8.35. The summed E-state index contributed by atoms with van der Waals surface area (Å²) >= 11 is 0. The molecular formula is C27H34N10O. The van der Waals surface area contributed by atoms with E-state index < -0.39 is 0 Å². The highest BCUT2D eigenvalue weighted by molar-refractivity contribution is 5.92. The molecule has 2 aromatic heterocycles. The Morgan fingerprint density at radius 3 is 2.47 bits per heavy atom. The van der Waals surface area contributed by atoms with Gasteiger partial charge in [-0.25, -0.2) is 4.98 Å². The first-order valence-electron chi connectivity index (χ1n) is 13.3. The highest BCUT2D eigenvalue weighted by Gasteiger charge is 2.31. The molecule has 0 aliphatic carbocycles. The summed E-state index contributed by atoms with van der Waals surface area (Å²) < 4.78 is 6.37. The topological polar surface area (TPSA) is 124 Å². The number of hydrogen-bond donors (Lipinski definition) is 1. The van der Waals surface area contributed by atoms with Crippen molar-refractivity contribution in [2.24, 2.45) is 5.73 Å². The van der Waals surface area contributed by atoms with Crippen molar-refractivity contribution in [2.45, 2.75) is 32.1 Å². The van der Waals surface area contributed by atoms with Crippen molar-refractivity contribution in [3.63, 3.8) is 0 Å². The zero-order valence-electron chi connectivity index (χ0n) is 22.0. The number of benzene rings is 1. The number of nitriles is 1. The largest absolute Gasteiger partial charge is 0.370 e. The fraction of sp³-hybridized carbons (Fsp3) is 0.519. The number of aromatic nitrogens is 4. The van der Waals surface area contributed by atoms with Gasteiger partial charge in [-0.3, -0.25) is 14.9 Å². The SMILES string of the molecule is Cc1cc(N2CC(N)C2)nc(N2CCN(C[C@H]3CN(c4ccc(C#N)c5nccnc45)C[C@@H](C)O3)CC2)n1. The third-order valence-corrected chi connectivity index (χ3v) is 7.57. The van der Waals surface area contributed by atoms with Gasteiger partial charge in [0.15, 0.2) is 0 Å². The standard InChI is InChI=1S/C27H34N10O/c1-18-11-24(37-14-21(29)15-37)33-27(32-18)35-9-7-34(8-10-35)16-22-17-36(13-19(2)38-22)23-4-3-20(12-28)25-26(23)31-6-5-30-25/h3-6,11,19,21-22H,7-10,13-17,29H2,1-2H3/t19-,22+/m1/s1. The lowest BCUT2D eigenvalue weighted by Gasteiger charge is -2.42. The second-order valence-corrected chi connectivity index (χ2v) is 10.6. The van der Waals surface area contributed by atoms with Crippen molar-refractivity contribution in [1.82, 2.24) is 24.8 Å². The van der Waals surface area contributed by atoms with E-state index in [1.54, 1.807) is 12.4 Å². The third-order valence-electron chi connectivity index (χ3n) is 7.57. The Kier molecular flexibility index (Phi) is 6.69.